The number of pyridine rings is 1. The van der Waals surface area contributed by atoms with E-state index in [0.717, 1.165) is 5.82 Å². The molecule has 0 aliphatic carbocycles. The Kier molecular flexibility index (Phi) is 5.15. The molecule has 0 aromatic carbocycles. The van der Waals surface area contributed by atoms with Gasteiger partial charge in [-0.2, -0.15) is 0 Å². The van der Waals surface area contributed by atoms with E-state index >= 15 is 0 Å². The molecule has 0 saturated carbocycles. The number of carbonyl (C=O) groups is 1. The van der Waals surface area contributed by atoms with Crippen molar-refractivity contribution in [1.29, 1.82) is 0 Å². The first-order chi connectivity index (χ1) is 8.79. The molecule has 1 aromatic heterocycles. The predicted octanol–water partition coefficient (Wildman–Crippen LogP) is 2.38. The van der Waals surface area contributed by atoms with Crippen LogP contribution in [0.3, 0.4) is 0 Å². The fourth-order valence-electron chi connectivity index (χ4n) is 1.43. The summed E-state index contributed by atoms with van der Waals surface area (Å²) in [5, 5.41) is 0. The predicted molar refractivity (Wildman–Crippen MR) is 76.4 cm³/mol. The van der Waals surface area contributed by atoms with E-state index in [9.17, 15) is 4.79 Å². The number of nitrogens with zero attached hydrogens (tertiary/aromatic N) is 3. The topological polar surface area (TPSA) is 45.7 Å². The maximum atomic E-state index is 11.8. The van der Waals surface area contributed by atoms with E-state index in [0.29, 0.717) is 13.1 Å². The van der Waals surface area contributed by atoms with Gasteiger partial charge >= 0.3 is 6.09 Å². The summed E-state index contributed by atoms with van der Waals surface area (Å²) in [6.45, 7) is 6.87. The van der Waals surface area contributed by atoms with Gasteiger partial charge in [0, 0.05) is 33.4 Å². The Hall–Kier alpha value is -1.78. The number of ether oxygens (including phenoxy) is 1. The Morgan fingerprint density at radius 2 is 1.95 bits per heavy atom. The van der Waals surface area contributed by atoms with E-state index in [-0.39, 0.29) is 6.09 Å². The van der Waals surface area contributed by atoms with E-state index < -0.39 is 5.60 Å². The number of hydrogen-bond donors (Lipinski definition) is 0. The molecular weight excluding hydrogens is 242 g/mol. The number of carbonyl (C=O) groups excluding carboxylic acids is 1. The lowest BCUT2D eigenvalue weighted by Crippen LogP contribution is -2.38. The largest absolute Gasteiger partial charge is 0.444 e. The van der Waals surface area contributed by atoms with Crippen molar-refractivity contribution in [3.05, 3.63) is 24.4 Å². The van der Waals surface area contributed by atoms with Crippen LogP contribution in [-0.2, 0) is 4.74 Å². The van der Waals surface area contributed by atoms with Crippen LogP contribution < -0.4 is 4.90 Å². The summed E-state index contributed by atoms with van der Waals surface area (Å²) >= 11 is 0. The van der Waals surface area contributed by atoms with Crippen molar-refractivity contribution in [3.63, 3.8) is 0 Å². The Morgan fingerprint density at radius 1 is 1.26 bits per heavy atom. The molecule has 0 atom stereocenters. The molecule has 5 heteroatoms. The second kappa shape index (κ2) is 6.41. The zero-order chi connectivity index (χ0) is 14.5. The van der Waals surface area contributed by atoms with Gasteiger partial charge in [0.2, 0.25) is 0 Å². The van der Waals surface area contributed by atoms with Crippen molar-refractivity contribution < 1.29 is 9.53 Å². The third-order valence-corrected chi connectivity index (χ3v) is 2.52. The second-order valence-corrected chi connectivity index (χ2v) is 5.51. The third-order valence-electron chi connectivity index (χ3n) is 2.52. The highest BCUT2D eigenvalue weighted by atomic mass is 16.6. The molecule has 1 aromatic rings. The van der Waals surface area contributed by atoms with Gasteiger partial charge in [0.05, 0.1) is 0 Å². The first-order valence-corrected chi connectivity index (χ1v) is 6.36. The van der Waals surface area contributed by atoms with Gasteiger partial charge in [-0.1, -0.05) is 6.07 Å². The highest BCUT2D eigenvalue weighted by molar-refractivity contribution is 5.67. The molecule has 0 radical (unpaired) electrons. The monoisotopic (exact) mass is 265 g/mol. The van der Waals surface area contributed by atoms with E-state index in [2.05, 4.69) is 4.98 Å². The molecular formula is C14H23N3O2. The molecule has 19 heavy (non-hydrogen) atoms. The molecule has 0 aliphatic heterocycles. The van der Waals surface area contributed by atoms with Crippen molar-refractivity contribution in [2.75, 3.05) is 32.1 Å². The van der Waals surface area contributed by atoms with Gasteiger partial charge in [-0.3, -0.25) is 0 Å². The van der Waals surface area contributed by atoms with E-state index in [1.807, 2.05) is 50.9 Å². The molecule has 106 valence electrons. The van der Waals surface area contributed by atoms with Crippen LogP contribution in [0.1, 0.15) is 20.8 Å². The quantitative estimate of drug-likeness (QED) is 0.838. The molecule has 0 unspecified atom stereocenters. The van der Waals surface area contributed by atoms with E-state index in [1.165, 1.54) is 0 Å². The van der Waals surface area contributed by atoms with Crippen LogP contribution in [0.2, 0.25) is 0 Å². The van der Waals surface area contributed by atoms with Gasteiger partial charge in [-0.05, 0) is 32.9 Å². The number of anilines is 1. The fraction of sp³-hybridized carbons (Fsp3) is 0.571. The lowest BCUT2D eigenvalue weighted by molar-refractivity contribution is 0.0303. The SMILES string of the molecule is CN(CCN(C)c1ccccn1)C(=O)OC(C)(C)C. The van der Waals surface area contributed by atoms with E-state index in [1.54, 1.807) is 18.1 Å². The summed E-state index contributed by atoms with van der Waals surface area (Å²) in [7, 11) is 3.69. The van der Waals surface area contributed by atoms with E-state index in [4.69, 9.17) is 4.74 Å². The standard InChI is InChI=1S/C14H23N3O2/c1-14(2,3)19-13(18)17(5)11-10-16(4)12-8-6-7-9-15-12/h6-9H,10-11H2,1-5H3. The Bertz CT molecular complexity index is 401. The normalized spacial score (nSPS) is 11.0. The lowest BCUT2D eigenvalue weighted by Gasteiger charge is -2.26. The smallest absolute Gasteiger partial charge is 0.410 e. The molecule has 1 heterocycles. The van der Waals surface area contributed by atoms with Crippen LogP contribution >= 0.6 is 0 Å². The van der Waals surface area contributed by atoms with Crippen LogP contribution in [-0.4, -0.2) is 48.8 Å². The molecule has 0 saturated heterocycles. The van der Waals surface area contributed by atoms with Gasteiger partial charge in [0.1, 0.15) is 11.4 Å². The third kappa shape index (κ3) is 5.59. The Morgan fingerprint density at radius 3 is 2.47 bits per heavy atom. The molecule has 0 fully saturated rings. The number of rotatable bonds is 4. The maximum Gasteiger partial charge on any atom is 0.410 e. The first-order valence-electron chi connectivity index (χ1n) is 6.36. The summed E-state index contributed by atoms with van der Waals surface area (Å²) in [5.74, 6) is 0.889. The minimum Gasteiger partial charge on any atom is -0.444 e. The minimum atomic E-state index is -0.460. The first kappa shape index (κ1) is 15.3. The lowest BCUT2D eigenvalue weighted by atomic mass is 10.2. The summed E-state index contributed by atoms with van der Waals surface area (Å²) in [4.78, 5) is 19.6. The number of hydrogen-bond acceptors (Lipinski definition) is 4. The van der Waals surface area contributed by atoms with Crippen LogP contribution in [0, 0.1) is 0 Å². The van der Waals surface area contributed by atoms with Gasteiger partial charge in [-0.15, -0.1) is 0 Å². The van der Waals surface area contributed by atoms with Crippen molar-refractivity contribution in [3.8, 4) is 0 Å². The fourth-order valence-corrected chi connectivity index (χ4v) is 1.43. The van der Waals surface area contributed by atoms with Crippen molar-refractivity contribution >= 4 is 11.9 Å². The van der Waals surface area contributed by atoms with Crippen molar-refractivity contribution in [2.45, 2.75) is 26.4 Å². The van der Waals surface area contributed by atoms with Gasteiger partial charge in [0.15, 0.2) is 0 Å². The summed E-state index contributed by atoms with van der Waals surface area (Å²) in [6.07, 6.45) is 1.45. The zero-order valence-electron chi connectivity index (χ0n) is 12.4. The Labute approximate surface area is 115 Å². The molecule has 0 bridgehead atoms. The zero-order valence-corrected chi connectivity index (χ0v) is 12.4. The van der Waals surface area contributed by atoms with Gasteiger partial charge in [-0.25, -0.2) is 9.78 Å². The highest BCUT2D eigenvalue weighted by Crippen LogP contribution is 2.10. The number of amides is 1. The molecule has 1 amide bonds. The minimum absolute atomic E-state index is 0.304. The molecule has 0 spiro atoms. The van der Waals surface area contributed by atoms with Gasteiger partial charge < -0.3 is 14.5 Å². The van der Waals surface area contributed by atoms with Crippen LogP contribution in [0.15, 0.2) is 24.4 Å². The molecule has 5 nitrogen and oxygen atoms in total. The highest BCUT2D eigenvalue weighted by Gasteiger charge is 2.19. The Balaban J connectivity index is 2.42. The van der Waals surface area contributed by atoms with Crippen molar-refractivity contribution in [1.82, 2.24) is 9.88 Å². The van der Waals surface area contributed by atoms with Crippen LogP contribution in [0.25, 0.3) is 0 Å². The van der Waals surface area contributed by atoms with Crippen LogP contribution in [0.5, 0.6) is 0 Å². The molecule has 0 aliphatic rings. The second-order valence-electron chi connectivity index (χ2n) is 5.51. The number of likely N-dealkylation sites (N-methyl/N-ethyl adjacent to an activating group) is 2. The molecule has 1 rings (SSSR count). The average molecular weight is 265 g/mol. The molecule has 0 N–H and O–H groups in total. The van der Waals surface area contributed by atoms with Gasteiger partial charge in [0.25, 0.3) is 0 Å². The van der Waals surface area contributed by atoms with Crippen molar-refractivity contribution in [2.24, 2.45) is 0 Å². The summed E-state index contributed by atoms with van der Waals surface area (Å²) < 4.78 is 5.29. The number of aromatic nitrogens is 1. The summed E-state index contributed by atoms with van der Waals surface area (Å²) in [5.41, 5.74) is -0.460. The maximum absolute atomic E-state index is 11.8. The summed E-state index contributed by atoms with van der Waals surface area (Å²) in [6, 6.07) is 5.76. The van der Waals surface area contributed by atoms with Crippen LogP contribution in [0.4, 0.5) is 10.6 Å². The average Bonchev–Trinajstić information content (AvgIpc) is 2.34.